The van der Waals surface area contributed by atoms with E-state index < -0.39 is 0 Å². The summed E-state index contributed by atoms with van der Waals surface area (Å²) >= 11 is 1.76. The van der Waals surface area contributed by atoms with Crippen LogP contribution in [-0.4, -0.2) is 16.7 Å². The highest BCUT2D eigenvalue weighted by molar-refractivity contribution is 7.11. The molecule has 1 aliphatic rings. The Bertz CT molecular complexity index is 302. The number of hydrogen-bond acceptors (Lipinski definition) is 3. The highest BCUT2D eigenvalue weighted by Crippen LogP contribution is 2.49. The molecule has 0 saturated heterocycles. The molecule has 0 bridgehead atoms. The number of nitrogens with zero attached hydrogens (tertiary/aromatic N) is 1. The number of thiazole rings is 1. The van der Waals surface area contributed by atoms with Crippen LogP contribution in [0.15, 0.2) is 6.20 Å². The average Bonchev–Trinajstić information content (AvgIpc) is 2.75. The fourth-order valence-electron chi connectivity index (χ4n) is 1.43. The van der Waals surface area contributed by atoms with E-state index in [0.29, 0.717) is 5.92 Å². The van der Waals surface area contributed by atoms with Crippen LogP contribution in [0.1, 0.15) is 42.5 Å². The van der Waals surface area contributed by atoms with Crippen molar-refractivity contribution in [3.8, 4) is 0 Å². The van der Waals surface area contributed by atoms with Gasteiger partial charge in [-0.3, -0.25) is 0 Å². The molecule has 0 radical (unpaired) electrons. The number of hydrogen-bond donors (Lipinski definition) is 1. The molecule has 1 fully saturated rings. The van der Waals surface area contributed by atoms with Crippen molar-refractivity contribution in [3.05, 3.63) is 16.1 Å². The zero-order valence-corrected chi connectivity index (χ0v) is 8.90. The Hall–Kier alpha value is -0.410. The molecule has 0 amide bonds. The Labute approximate surface area is 82.6 Å². The van der Waals surface area contributed by atoms with Crippen molar-refractivity contribution < 1.29 is 5.11 Å². The molecule has 72 valence electrons. The van der Waals surface area contributed by atoms with Crippen LogP contribution in [0.3, 0.4) is 0 Å². The van der Waals surface area contributed by atoms with Gasteiger partial charge >= 0.3 is 0 Å². The van der Waals surface area contributed by atoms with Gasteiger partial charge < -0.3 is 5.11 Å². The highest BCUT2D eigenvalue weighted by Gasteiger charge is 2.45. The number of aromatic nitrogens is 1. The molecular weight excluding hydrogens is 182 g/mol. The van der Waals surface area contributed by atoms with Crippen LogP contribution in [0.4, 0.5) is 0 Å². The van der Waals surface area contributed by atoms with Gasteiger partial charge in [-0.1, -0.05) is 13.8 Å². The lowest BCUT2D eigenvalue weighted by molar-refractivity contribution is 0.257. The van der Waals surface area contributed by atoms with Gasteiger partial charge in [0.25, 0.3) is 0 Å². The molecule has 2 nitrogen and oxygen atoms in total. The first-order chi connectivity index (χ1) is 6.18. The van der Waals surface area contributed by atoms with Crippen LogP contribution < -0.4 is 0 Å². The minimum Gasteiger partial charge on any atom is -0.395 e. The summed E-state index contributed by atoms with van der Waals surface area (Å²) in [6.45, 7) is 4.59. The Morgan fingerprint density at radius 3 is 2.69 bits per heavy atom. The first kappa shape index (κ1) is 9.16. The van der Waals surface area contributed by atoms with Gasteiger partial charge in [0.2, 0.25) is 0 Å². The normalized spacial score (nSPS) is 19.4. The predicted molar refractivity (Wildman–Crippen MR) is 54.2 cm³/mol. The van der Waals surface area contributed by atoms with Crippen molar-refractivity contribution in [2.45, 2.75) is 38.0 Å². The molecule has 1 heterocycles. The monoisotopic (exact) mass is 197 g/mol. The summed E-state index contributed by atoms with van der Waals surface area (Å²) < 4.78 is 0. The molecule has 0 atom stereocenters. The Balaban J connectivity index is 2.23. The van der Waals surface area contributed by atoms with Crippen molar-refractivity contribution in [1.82, 2.24) is 4.98 Å². The van der Waals surface area contributed by atoms with Gasteiger partial charge in [0.15, 0.2) is 0 Å². The summed E-state index contributed by atoms with van der Waals surface area (Å²) in [5.41, 5.74) is 0.102. The molecule has 0 unspecified atom stereocenters. The molecule has 0 spiro atoms. The number of aliphatic hydroxyl groups is 1. The molecule has 1 aliphatic carbocycles. The Kier molecular flexibility index (Phi) is 2.16. The molecule has 3 heteroatoms. The van der Waals surface area contributed by atoms with E-state index in [1.165, 1.54) is 9.88 Å². The van der Waals surface area contributed by atoms with Crippen molar-refractivity contribution in [2.24, 2.45) is 0 Å². The maximum absolute atomic E-state index is 9.24. The van der Waals surface area contributed by atoms with Crippen LogP contribution in [0.2, 0.25) is 0 Å². The molecule has 0 aliphatic heterocycles. The highest BCUT2D eigenvalue weighted by atomic mass is 32.1. The maximum atomic E-state index is 9.24. The predicted octanol–water partition coefficient (Wildman–Crippen LogP) is 2.29. The van der Waals surface area contributed by atoms with E-state index in [9.17, 15) is 5.11 Å². The smallest absolute Gasteiger partial charge is 0.0953 e. The minimum atomic E-state index is 0.102. The molecule has 1 aromatic heterocycles. The fraction of sp³-hybridized carbons (Fsp3) is 0.700. The van der Waals surface area contributed by atoms with Crippen LogP contribution >= 0.6 is 11.3 Å². The second-order valence-corrected chi connectivity index (χ2v) is 5.22. The topological polar surface area (TPSA) is 33.1 Å². The minimum absolute atomic E-state index is 0.102. The molecule has 1 aromatic rings. The molecule has 1 saturated carbocycles. The standard InChI is InChI=1S/C10H15NOS/c1-7(2)9-11-5-8(13-9)10(6-12)3-4-10/h5,7,12H,3-4,6H2,1-2H3. The lowest BCUT2D eigenvalue weighted by Gasteiger charge is -2.06. The van der Waals surface area contributed by atoms with Crippen LogP contribution in [-0.2, 0) is 5.41 Å². The Morgan fingerprint density at radius 2 is 2.31 bits per heavy atom. The number of aliphatic hydroxyl groups excluding tert-OH is 1. The van der Waals surface area contributed by atoms with E-state index in [2.05, 4.69) is 18.8 Å². The molecule has 2 rings (SSSR count). The third kappa shape index (κ3) is 1.51. The van der Waals surface area contributed by atoms with E-state index in [1.807, 2.05) is 6.20 Å². The van der Waals surface area contributed by atoms with Gasteiger partial charge in [-0.05, 0) is 12.8 Å². The summed E-state index contributed by atoms with van der Waals surface area (Å²) in [7, 11) is 0. The first-order valence-electron chi connectivity index (χ1n) is 4.75. The van der Waals surface area contributed by atoms with E-state index in [-0.39, 0.29) is 12.0 Å². The number of rotatable bonds is 3. The van der Waals surface area contributed by atoms with Crippen molar-refractivity contribution in [1.29, 1.82) is 0 Å². The summed E-state index contributed by atoms with van der Waals surface area (Å²) in [6.07, 6.45) is 4.20. The lowest BCUT2D eigenvalue weighted by Crippen LogP contribution is -2.09. The second kappa shape index (κ2) is 3.07. The van der Waals surface area contributed by atoms with E-state index >= 15 is 0 Å². The zero-order chi connectivity index (χ0) is 9.47. The first-order valence-corrected chi connectivity index (χ1v) is 5.57. The molecule has 0 aromatic carbocycles. The SMILES string of the molecule is CC(C)c1ncc(C2(CO)CC2)s1. The van der Waals surface area contributed by atoms with Gasteiger partial charge in [-0.15, -0.1) is 11.3 Å². The summed E-state index contributed by atoms with van der Waals surface area (Å²) in [4.78, 5) is 5.65. The maximum Gasteiger partial charge on any atom is 0.0953 e. The molecular formula is C10H15NOS. The van der Waals surface area contributed by atoms with Gasteiger partial charge in [0, 0.05) is 22.4 Å². The fourth-order valence-corrected chi connectivity index (χ4v) is 2.59. The Morgan fingerprint density at radius 1 is 1.62 bits per heavy atom. The van der Waals surface area contributed by atoms with Crippen LogP contribution in [0.25, 0.3) is 0 Å². The summed E-state index contributed by atoms with van der Waals surface area (Å²) in [6, 6.07) is 0. The zero-order valence-electron chi connectivity index (χ0n) is 8.08. The van der Waals surface area contributed by atoms with E-state index in [4.69, 9.17) is 0 Å². The van der Waals surface area contributed by atoms with Gasteiger partial charge in [-0.25, -0.2) is 4.98 Å². The average molecular weight is 197 g/mol. The lowest BCUT2D eigenvalue weighted by atomic mass is 10.1. The van der Waals surface area contributed by atoms with Gasteiger partial charge in [0.05, 0.1) is 11.6 Å². The van der Waals surface area contributed by atoms with Crippen molar-refractivity contribution in [2.75, 3.05) is 6.61 Å². The van der Waals surface area contributed by atoms with Crippen LogP contribution in [0.5, 0.6) is 0 Å². The van der Waals surface area contributed by atoms with Gasteiger partial charge in [0.1, 0.15) is 0 Å². The second-order valence-electron chi connectivity index (χ2n) is 4.16. The summed E-state index contributed by atoms with van der Waals surface area (Å²) in [5.74, 6) is 0.508. The molecule has 13 heavy (non-hydrogen) atoms. The third-order valence-electron chi connectivity index (χ3n) is 2.70. The van der Waals surface area contributed by atoms with E-state index in [1.54, 1.807) is 11.3 Å². The van der Waals surface area contributed by atoms with Crippen molar-refractivity contribution >= 4 is 11.3 Å². The quantitative estimate of drug-likeness (QED) is 0.806. The van der Waals surface area contributed by atoms with E-state index in [0.717, 1.165) is 12.8 Å². The third-order valence-corrected chi connectivity index (χ3v) is 4.24. The summed E-state index contributed by atoms with van der Waals surface area (Å²) in [5, 5.41) is 10.4. The van der Waals surface area contributed by atoms with Crippen LogP contribution in [0, 0.1) is 0 Å². The van der Waals surface area contributed by atoms with Crippen molar-refractivity contribution in [3.63, 3.8) is 0 Å². The largest absolute Gasteiger partial charge is 0.395 e. The molecule has 1 N–H and O–H groups in total. The van der Waals surface area contributed by atoms with Gasteiger partial charge in [-0.2, -0.15) is 0 Å².